The maximum Gasteiger partial charge on any atom is 0.416 e. The number of hydrogen-bond donors (Lipinski definition) is 6. The maximum atomic E-state index is 14.2. The van der Waals surface area contributed by atoms with Crippen LogP contribution in [0, 0.1) is 11.6 Å². The van der Waals surface area contributed by atoms with E-state index in [0.717, 1.165) is 36.4 Å². The molecule has 0 aliphatic carbocycles. The molecule has 4 atom stereocenters. The lowest BCUT2D eigenvalue weighted by Crippen LogP contribution is -2.59. The second kappa shape index (κ2) is 19.0. The number of halogens is 5. The molecule has 4 aromatic rings. The van der Waals surface area contributed by atoms with Crippen molar-refractivity contribution >= 4 is 41.2 Å². The molecule has 5 amide bonds. The van der Waals surface area contributed by atoms with Crippen molar-refractivity contribution in [3.05, 3.63) is 137 Å². The number of alkyl halides is 3. The van der Waals surface area contributed by atoms with Crippen molar-refractivity contribution in [2.24, 2.45) is 0 Å². The molecule has 0 radical (unpaired) electrons. The predicted molar refractivity (Wildman–Crippen MR) is 199 cm³/mol. The molecular formula is C41H38F5N5O7. The Morgan fingerprint density at radius 1 is 0.603 bits per heavy atom. The molecule has 6 N–H and O–H groups in total. The van der Waals surface area contributed by atoms with Gasteiger partial charge in [-0.3, -0.25) is 24.0 Å². The molecule has 0 saturated heterocycles. The van der Waals surface area contributed by atoms with Gasteiger partial charge in [0.1, 0.15) is 24.2 Å². The molecule has 4 aromatic carbocycles. The van der Waals surface area contributed by atoms with E-state index in [9.17, 15) is 55.8 Å². The van der Waals surface area contributed by atoms with Crippen LogP contribution in [0.25, 0.3) is 0 Å². The highest BCUT2D eigenvalue weighted by molar-refractivity contribution is 5.96. The van der Waals surface area contributed by atoms with Crippen molar-refractivity contribution in [2.75, 3.05) is 5.32 Å². The zero-order chi connectivity index (χ0) is 42.0. The van der Waals surface area contributed by atoms with Crippen LogP contribution in [-0.4, -0.2) is 64.8 Å². The number of amides is 5. The summed E-state index contributed by atoms with van der Waals surface area (Å²) in [5, 5.41) is 22.6. The van der Waals surface area contributed by atoms with Gasteiger partial charge in [-0.25, -0.2) is 13.6 Å². The van der Waals surface area contributed by atoms with Gasteiger partial charge in [-0.05, 0) is 58.7 Å². The van der Waals surface area contributed by atoms with Gasteiger partial charge in [0.05, 0.1) is 5.56 Å². The normalized spacial score (nSPS) is 20.1. The minimum atomic E-state index is -4.68. The van der Waals surface area contributed by atoms with E-state index in [4.69, 9.17) is 0 Å². The molecule has 0 aromatic heterocycles. The zero-order valence-corrected chi connectivity index (χ0v) is 30.6. The fourth-order valence-electron chi connectivity index (χ4n) is 6.14. The third kappa shape index (κ3) is 12.2. The van der Waals surface area contributed by atoms with E-state index in [1.807, 2.05) is 0 Å². The van der Waals surface area contributed by atoms with Crippen LogP contribution in [0.3, 0.4) is 0 Å². The summed E-state index contributed by atoms with van der Waals surface area (Å²) in [5.41, 5.74) is 0.551. The van der Waals surface area contributed by atoms with E-state index in [1.165, 1.54) is 30.3 Å². The summed E-state index contributed by atoms with van der Waals surface area (Å²) in [6, 6.07) is 14.8. The first-order valence-corrected chi connectivity index (χ1v) is 18.0. The van der Waals surface area contributed by atoms with E-state index in [2.05, 4.69) is 26.6 Å². The first kappa shape index (κ1) is 42.5. The highest BCUT2D eigenvalue weighted by Crippen LogP contribution is 2.29. The van der Waals surface area contributed by atoms with Crippen molar-refractivity contribution in [1.82, 2.24) is 21.3 Å². The van der Waals surface area contributed by atoms with Gasteiger partial charge in [0.2, 0.25) is 29.5 Å². The van der Waals surface area contributed by atoms with Gasteiger partial charge in [0, 0.05) is 44.2 Å². The van der Waals surface area contributed by atoms with Crippen LogP contribution in [0.4, 0.5) is 27.6 Å². The van der Waals surface area contributed by atoms with Crippen LogP contribution < -0.4 is 26.6 Å². The van der Waals surface area contributed by atoms with E-state index in [-0.39, 0.29) is 30.4 Å². The summed E-state index contributed by atoms with van der Waals surface area (Å²) in [7, 11) is 0. The Labute approximate surface area is 328 Å². The SMILES string of the molecule is O=C1CCC(=O)N[C@H](Cc2ccc(F)c(F)c2)C(=O)N[C@@H](Cc2ccc(C(F)(F)F)cc2)C(=O)N[C@H](Cc2ccccc2)C(=O)N[C@H](C(=O)O)Cc2ccc(cc2)N1. The molecule has 58 heavy (non-hydrogen) atoms. The molecule has 2 aliphatic rings. The summed E-state index contributed by atoms with van der Waals surface area (Å²) in [6.45, 7) is 0. The van der Waals surface area contributed by atoms with Crippen LogP contribution in [0.5, 0.6) is 0 Å². The Hall–Kier alpha value is -6.65. The Bertz CT molecular complexity index is 2130. The molecule has 2 bridgehead atoms. The Morgan fingerprint density at radius 3 is 1.69 bits per heavy atom. The molecule has 304 valence electrons. The number of benzene rings is 4. The molecular weight excluding hydrogens is 769 g/mol. The third-order valence-corrected chi connectivity index (χ3v) is 9.22. The van der Waals surface area contributed by atoms with Crippen LogP contribution >= 0.6 is 0 Å². The van der Waals surface area contributed by atoms with Gasteiger partial charge in [-0.2, -0.15) is 13.2 Å². The molecule has 2 heterocycles. The molecule has 0 fully saturated rings. The van der Waals surface area contributed by atoms with Gasteiger partial charge >= 0.3 is 12.1 Å². The fraction of sp³-hybridized carbons (Fsp3) is 0.268. The Kier molecular flexibility index (Phi) is 13.9. The minimum absolute atomic E-state index is 0.0578. The van der Waals surface area contributed by atoms with E-state index < -0.39 is 102 Å². The van der Waals surface area contributed by atoms with Crippen molar-refractivity contribution < 1.29 is 55.8 Å². The van der Waals surface area contributed by atoms with Gasteiger partial charge in [0.15, 0.2) is 11.6 Å². The lowest BCUT2D eigenvalue weighted by molar-refractivity contribution is -0.142. The van der Waals surface area contributed by atoms with E-state index in [0.29, 0.717) is 16.8 Å². The van der Waals surface area contributed by atoms with Gasteiger partial charge < -0.3 is 31.7 Å². The maximum absolute atomic E-state index is 14.2. The Morgan fingerprint density at radius 2 is 1.12 bits per heavy atom. The number of nitrogens with one attached hydrogen (secondary N) is 5. The number of hydrogen-bond acceptors (Lipinski definition) is 6. The number of rotatable bonds is 7. The first-order chi connectivity index (χ1) is 27.5. The topological polar surface area (TPSA) is 183 Å². The molecule has 17 heteroatoms. The molecule has 6 rings (SSSR count). The van der Waals surface area contributed by atoms with Crippen LogP contribution in [0.2, 0.25) is 0 Å². The number of aliphatic carboxylic acids is 1. The lowest BCUT2D eigenvalue weighted by atomic mass is 9.99. The second-order valence-corrected chi connectivity index (χ2v) is 13.6. The molecule has 0 saturated carbocycles. The van der Waals surface area contributed by atoms with Crippen molar-refractivity contribution in [3.8, 4) is 0 Å². The highest BCUT2D eigenvalue weighted by Gasteiger charge is 2.33. The molecule has 0 unspecified atom stereocenters. The monoisotopic (exact) mass is 807 g/mol. The summed E-state index contributed by atoms with van der Waals surface area (Å²) < 4.78 is 68.1. The van der Waals surface area contributed by atoms with E-state index in [1.54, 1.807) is 30.3 Å². The highest BCUT2D eigenvalue weighted by atomic mass is 19.4. The Balaban J connectivity index is 1.53. The summed E-state index contributed by atoms with van der Waals surface area (Å²) in [5.74, 6) is -8.17. The van der Waals surface area contributed by atoms with Gasteiger partial charge in [-0.15, -0.1) is 0 Å². The minimum Gasteiger partial charge on any atom is -0.480 e. The average Bonchev–Trinajstić information content (AvgIpc) is 3.18. The smallest absolute Gasteiger partial charge is 0.416 e. The number of carbonyl (C=O) groups excluding carboxylic acids is 5. The molecule has 12 nitrogen and oxygen atoms in total. The van der Waals surface area contributed by atoms with Crippen LogP contribution in [-0.2, 0) is 60.6 Å². The molecule has 0 spiro atoms. The number of fused-ring (bicyclic) bond motifs is 18. The average molecular weight is 808 g/mol. The number of carboxylic acid groups (broad SMARTS) is 1. The summed E-state index contributed by atoms with van der Waals surface area (Å²) in [4.78, 5) is 80.3. The van der Waals surface area contributed by atoms with E-state index >= 15 is 0 Å². The van der Waals surface area contributed by atoms with Gasteiger partial charge in [-0.1, -0.05) is 60.7 Å². The zero-order valence-electron chi connectivity index (χ0n) is 30.6. The van der Waals surface area contributed by atoms with Crippen molar-refractivity contribution in [2.45, 2.75) is 68.9 Å². The lowest BCUT2D eigenvalue weighted by Gasteiger charge is -2.26. The number of carboxylic acids is 1. The van der Waals surface area contributed by atoms with Crippen LogP contribution in [0.15, 0.2) is 97.1 Å². The molecule has 2 aliphatic heterocycles. The fourth-order valence-corrected chi connectivity index (χ4v) is 6.14. The van der Waals surface area contributed by atoms with Crippen molar-refractivity contribution in [1.29, 1.82) is 0 Å². The first-order valence-electron chi connectivity index (χ1n) is 18.0. The number of anilines is 1. The van der Waals surface area contributed by atoms with Crippen LogP contribution in [0.1, 0.15) is 40.7 Å². The standard InChI is InChI=1S/C41H38F5N5O7/c42-29-15-10-26(18-30(29)43)22-31-37(54)49-33(20-24-6-11-27(12-7-24)41(44,45)46)38(55)50-32(19-23-4-2-1-3-5-23)39(56)51-34(40(57)58)21-25-8-13-28(14-9-25)47-35(52)16-17-36(53)48-31/h1-15,18,31-34H,16-17,19-22H2,(H,47,52)(H,48,53)(H,49,54)(H,50,55)(H,51,56)(H,57,58)/t31-,32-,33+,34+/m1/s1. The third-order valence-electron chi connectivity index (χ3n) is 9.22. The summed E-state index contributed by atoms with van der Waals surface area (Å²) in [6.07, 6.45) is -6.70. The predicted octanol–water partition coefficient (Wildman–Crippen LogP) is 4.01. The van der Waals surface area contributed by atoms with Crippen molar-refractivity contribution in [3.63, 3.8) is 0 Å². The summed E-state index contributed by atoms with van der Waals surface area (Å²) >= 11 is 0. The van der Waals surface area contributed by atoms with Gasteiger partial charge in [0.25, 0.3) is 0 Å². The largest absolute Gasteiger partial charge is 0.480 e. The number of carbonyl (C=O) groups is 6. The second-order valence-electron chi connectivity index (χ2n) is 13.6. The quantitative estimate of drug-likeness (QED) is 0.121.